The molecular formula is C18H17N3O3S. The molecule has 2 heterocycles. The number of carbonyl (C=O) groups excluding carboxylic acids is 1. The lowest BCUT2D eigenvalue weighted by Crippen LogP contribution is -2.14. The van der Waals surface area contributed by atoms with Crippen molar-refractivity contribution < 1.29 is 14.3 Å². The topological polar surface area (TPSA) is 73.3 Å². The number of thiazole rings is 1. The summed E-state index contributed by atoms with van der Waals surface area (Å²) in [4.78, 5) is 20.7. The van der Waals surface area contributed by atoms with Crippen molar-refractivity contribution >= 4 is 22.4 Å². The number of nitrogens with one attached hydrogen (secondary N) is 1. The predicted octanol–water partition coefficient (Wildman–Crippen LogP) is 3.40. The van der Waals surface area contributed by atoms with Gasteiger partial charge in [-0.1, -0.05) is 6.07 Å². The maximum atomic E-state index is 12.3. The first kappa shape index (κ1) is 16.9. The van der Waals surface area contributed by atoms with E-state index in [2.05, 4.69) is 15.3 Å². The number of methoxy groups -OCH3 is 2. The first-order chi connectivity index (χ1) is 12.2. The average Bonchev–Trinajstić information content (AvgIpc) is 3.10. The second kappa shape index (κ2) is 7.76. The third-order valence-corrected chi connectivity index (χ3v) is 4.30. The van der Waals surface area contributed by atoms with Crippen molar-refractivity contribution in [2.24, 2.45) is 0 Å². The lowest BCUT2D eigenvalue weighted by Gasteiger charge is -2.09. The Labute approximate surface area is 149 Å². The van der Waals surface area contributed by atoms with E-state index in [-0.39, 0.29) is 12.3 Å². The van der Waals surface area contributed by atoms with Crippen LogP contribution in [0.1, 0.15) is 5.56 Å². The zero-order chi connectivity index (χ0) is 17.6. The standard InChI is InChI=1S/C18H17N3O3S/c1-23-15-4-3-12(9-16(15)24-2)10-17(22)21-18-20-14(11-25-18)13-5-7-19-8-6-13/h3-9,11H,10H2,1-2H3,(H,20,21,22). The fraction of sp³-hybridized carbons (Fsp3) is 0.167. The van der Waals surface area contributed by atoms with E-state index in [1.807, 2.05) is 23.6 Å². The van der Waals surface area contributed by atoms with Gasteiger partial charge in [0.1, 0.15) is 0 Å². The Morgan fingerprint density at radius 1 is 1.12 bits per heavy atom. The summed E-state index contributed by atoms with van der Waals surface area (Å²) in [6.45, 7) is 0. The van der Waals surface area contributed by atoms with Gasteiger partial charge in [-0.25, -0.2) is 4.98 Å². The SMILES string of the molecule is COc1ccc(CC(=O)Nc2nc(-c3ccncc3)cs2)cc1OC. The van der Waals surface area contributed by atoms with E-state index in [0.29, 0.717) is 16.6 Å². The van der Waals surface area contributed by atoms with Crippen LogP contribution in [0.15, 0.2) is 48.1 Å². The molecule has 7 heteroatoms. The minimum atomic E-state index is -0.136. The molecule has 0 bridgehead atoms. The Balaban J connectivity index is 1.66. The summed E-state index contributed by atoms with van der Waals surface area (Å²) in [6.07, 6.45) is 3.65. The molecule has 3 rings (SSSR count). The summed E-state index contributed by atoms with van der Waals surface area (Å²) in [5.74, 6) is 1.10. The smallest absolute Gasteiger partial charge is 0.230 e. The summed E-state index contributed by atoms with van der Waals surface area (Å²) in [6, 6.07) is 9.18. The van der Waals surface area contributed by atoms with Crippen LogP contribution in [-0.2, 0) is 11.2 Å². The molecule has 1 N–H and O–H groups in total. The number of benzene rings is 1. The van der Waals surface area contributed by atoms with Crippen molar-refractivity contribution in [1.82, 2.24) is 9.97 Å². The highest BCUT2D eigenvalue weighted by Crippen LogP contribution is 2.28. The van der Waals surface area contributed by atoms with Gasteiger partial charge in [-0.05, 0) is 29.8 Å². The molecule has 6 nitrogen and oxygen atoms in total. The first-order valence-corrected chi connectivity index (χ1v) is 8.44. The molecular weight excluding hydrogens is 338 g/mol. The van der Waals surface area contributed by atoms with Gasteiger partial charge in [-0.15, -0.1) is 11.3 Å². The molecule has 0 aliphatic carbocycles. The van der Waals surface area contributed by atoms with Crippen molar-refractivity contribution in [3.8, 4) is 22.8 Å². The number of ether oxygens (including phenoxy) is 2. The number of aromatic nitrogens is 2. The zero-order valence-corrected chi connectivity index (χ0v) is 14.7. The van der Waals surface area contributed by atoms with Crippen molar-refractivity contribution in [2.75, 3.05) is 19.5 Å². The molecule has 0 atom stereocenters. The molecule has 3 aromatic rings. The Bertz CT molecular complexity index is 865. The van der Waals surface area contributed by atoms with E-state index in [1.54, 1.807) is 38.7 Å². The highest BCUT2D eigenvalue weighted by atomic mass is 32.1. The number of hydrogen-bond donors (Lipinski definition) is 1. The normalized spacial score (nSPS) is 10.3. The van der Waals surface area contributed by atoms with Gasteiger partial charge in [0.2, 0.25) is 5.91 Å². The summed E-state index contributed by atoms with van der Waals surface area (Å²) in [7, 11) is 3.14. The highest BCUT2D eigenvalue weighted by Gasteiger charge is 2.11. The van der Waals surface area contributed by atoms with Crippen LogP contribution in [0.2, 0.25) is 0 Å². The minimum absolute atomic E-state index is 0.136. The lowest BCUT2D eigenvalue weighted by molar-refractivity contribution is -0.115. The number of carbonyl (C=O) groups is 1. The van der Waals surface area contributed by atoms with E-state index in [9.17, 15) is 4.79 Å². The van der Waals surface area contributed by atoms with Crippen LogP contribution < -0.4 is 14.8 Å². The van der Waals surface area contributed by atoms with Crippen LogP contribution in [0.5, 0.6) is 11.5 Å². The van der Waals surface area contributed by atoms with Crippen molar-refractivity contribution in [3.63, 3.8) is 0 Å². The maximum Gasteiger partial charge on any atom is 0.230 e. The van der Waals surface area contributed by atoms with Gasteiger partial charge < -0.3 is 14.8 Å². The lowest BCUT2D eigenvalue weighted by atomic mass is 10.1. The van der Waals surface area contributed by atoms with E-state index in [1.165, 1.54) is 11.3 Å². The predicted molar refractivity (Wildman–Crippen MR) is 97.2 cm³/mol. The van der Waals surface area contributed by atoms with Gasteiger partial charge in [0.15, 0.2) is 16.6 Å². The third kappa shape index (κ3) is 4.13. The van der Waals surface area contributed by atoms with Crippen molar-refractivity contribution in [2.45, 2.75) is 6.42 Å². The Morgan fingerprint density at radius 2 is 1.88 bits per heavy atom. The molecule has 0 saturated heterocycles. The molecule has 0 fully saturated rings. The number of pyridine rings is 1. The van der Waals surface area contributed by atoms with Gasteiger partial charge in [0, 0.05) is 23.3 Å². The van der Waals surface area contributed by atoms with E-state index < -0.39 is 0 Å². The van der Waals surface area contributed by atoms with Crippen LogP contribution in [0, 0.1) is 0 Å². The van der Waals surface area contributed by atoms with E-state index in [4.69, 9.17) is 9.47 Å². The van der Waals surface area contributed by atoms with Crippen molar-refractivity contribution in [1.29, 1.82) is 0 Å². The maximum absolute atomic E-state index is 12.3. The van der Waals surface area contributed by atoms with Crippen LogP contribution in [-0.4, -0.2) is 30.1 Å². The zero-order valence-electron chi connectivity index (χ0n) is 13.9. The first-order valence-electron chi connectivity index (χ1n) is 7.56. The molecule has 1 amide bonds. The number of nitrogens with zero attached hydrogens (tertiary/aromatic N) is 2. The van der Waals surface area contributed by atoms with Gasteiger partial charge >= 0.3 is 0 Å². The second-order valence-corrected chi connectivity index (χ2v) is 6.05. The number of hydrogen-bond acceptors (Lipinski definition) is 6. The Hall–Kier alpha value is -2.93. The van der Waals surface area contributed by atoms with Crippen LogP contribution in [0.4, 0.5) is 5.13 Å². The summed E-state index contributed by atoms with van der Waals surface area (Å²) in [5.41, 5.74) is 2.61. The van der Waals surface area contributed by atoms with Gasteiger partial charge in [-0.2, -0.15) is 0 Å². The van der Waals surface area contributed by atoms with Crippen LogP contribution in [0.25, 0.3) is 11.3 Å². The largest absolute Gasteiger partial charge is 0.493 e. The number of rotatable bonds is 6. The molecule has 0 unspecified atom stereocenters. The molecule has 1 aromatic carbocycles. The van der Waals surface area contributed by atoms with Crippen LogP contribution >= 0.6 is 11.3 Å². The fourth-order valence-electron chi connectivity index (χ4n) is 2.33. The monoisotopic (exact) mass is 355 g/mol. The molecule has 25 heavy (non-hydrogen) atoms. The molecule has 2 aromatic heterocycles. The molecule has 0 radical (unpaired) electrons. The molecule has 0 saturated carbocycles. The fourth-order valence-corrected chi connectivity index (χ4v) is 3.06. The van der Waals surface area contributed by atoms with Gasteiger partial charge in [0.25, 0.3) is 0 Å². The van der Waals surface area contributed by atoms with Crippen LogP contribution in [0.3, 0.4) is 0 Å². The molecule has 0 spiro atoms. The summed E-state index contributed by atoms with van der Waals surface area (Å²) >= 11 is 1.39. The summed E-state index contributed by atoms with van der Waals surface area (Å²) < 4.78 is 10.5. The van der Waals surface area contributed by atoms with Gasteiger partial charge in [-0.3, -0.25) is 9.78 Å². The number of amides is 1. The second-order valence-electron chi connectivity index (χ2n) is 5.19. The Morgan fingerprint density at radius 3 is 2.60 bits per heavy atom. The van der Waals surface area contributed by atoms with Crippen molar-refractivity contribution in [3.05, 3.63) is 53.7 Å². The quantitative estimate of drug-likeness (QED) is 0.733. The molecule has 128 valence electrons. The average molecular weight is 355 g/mol. The molecule has 0 aliphatic rings. The van der Waals surface area contributed by atoms with E-state index >= 15 is 0 Å². The summed E-state index contributed by atoms with van der Waals surface area (Å²) in [5, 5.41) is 5.30. The third-order valence-electron chi connectivity index (χ3n) is 3.54. The highest BCUT2D eigenvalue weighted by molar-refractivity contribution is 7.14. The minimum Gasteiger partial charge on any atom is -0.493 e. The number of anilines is 1. The van der Waals surface area contributed by atoms with E-state index in [0.717, 1.165) is 16.8 Å². The van der Waals surface area contributed by atoms with Gasteiger partial charge in [0.05, 0.1) is 26.3 Å². The molecule has 0 aliphatic heterocycles. The Kier molecular flexibility index (Phi) is 5.25.